The number of anilines is 1. The fourth-order valence-corrected chi connectivity index (χ4v) is 4.13. The molecule has 2 saturated heterocycles. The predicted octanol–water partition coefficient (Wildman–Crippen LogP) is 2.38. The number of hydrogen-bond acceptors (Lipinski definition) is 4. The molecule has 0 saturated carbocycles. The number of piperazine rings is 1. The molecule has 2 aliphatic heterocycles. The molecule has 1 aromatic carbocycles. The molecule has 0 aliphatic carbocycles. The molecule has 2 heterocycles. The largest absolute Gasteiger partial charge is 0.368 e. The number of para-hydroxylation sites is 1. The summed E-state index contributed by atoms with van der Waals surface area (Å²) in [6, 6.07) is 10.4. The highest BCUT2D eigenvalue weighted by Gasteiger charge is 2.20. The van der Waals surface area contributed by atoms with Gasteiger partial charge in [0.25, 0.3) is 0 Å². The van der Waals surface area contributed by atoms with Gasteiger partial charge in [-0.05, 0) is 45.0 Å². The monoisotopic (exact) mass is 542 g/mol. The molecule has 0 atom stereocenters. The van der Waals surface area contributed by atoms with Crippen LogP contribution in [0.3, 0.4) is 0 Å². The summed E-state index contributed by atoms with van der Waals surface area (Å²) in [6.07, 6.45) is 4.48. The van der Waals surface area contributed by atoms with E-state index in [-0.39, 0.29) is 29.9 Å². The van der Waals surface area contributed by atoms with E-state index in [1.165, 1.54) is 38.0 Å². The molecule has 174 valence electrons. The molecule has 1 amide bonds. The summed E-state index contributed by atoms with van der Waals surface area (Å²) in [6.45, 7) is 11.1. The third-order valence-corrected chi connectivity index (χ3v) is 5.86. The van der Waals surface area contributed by atoms with Gasteiger partial charge in [0.2, 0.25) is 5.91 Å². The molecular weight excluding hydrogens is 503 g/mol. The van der Waals surface area contributed by atoms with Crippen LogP contribution in [-0.4, -0.2) is 87.1 Å². The molecule has 2 N–H and O–H groups in total. The summed E-state index contributed by atoms with van der Waals surface area (Å²) in [5, 5.41) is 6.61. The van der Waals surface area contributed by atoms with Gasteiger partial charge >= 0.3 is 0 Å². The Balaban J connectivity index is 0.00000341. The maximum atomic E-state index is 12.6. The van der Waals surface area contributed by atoms with E-state index in [2.05, 4.69) is 56.6 Å². The quantitative estimate of drug-likeness (QED) is 0.300. The molecule has 1 aromatic rings. The van der Waals surface area contributed by atoms with E-state index in [1.54, 1.807) is 0 Å². The molecule has 0 aromatic heterocycles. The summed E-state index contributed by atoms with van der Waals surface area (Å²) in [5.74, 6) is 1.04. The summed E-state index contributed by atoms with van der Waals surface area (Å²) in [4.78, 5) is 24.1. The molecule has 8 heteroatoms. The lowest BCUT2D eigenvalue weighted by atomic mass is 10.1. The maximum Gasteiger partial charge on any atom is 0.224 e. The number of guanidine groups is 1. The molecule has 2 fully saturated rings. The van der Waals surface area contributed by atoms with Crippen molar-refractivity contribution in [3.63, 3.8) is 0 Å². The number of halogens is 1. The van der Waals surface area contributed by atoms with Gasteiger partial charge in [-0.2, -0.15) is 0 Å². The van der Waals surface area contributed by atoms with Crippen LogP contribution in [0, 0.1) is 0 Å². The van der Waals surface area contributed by atoms with Crippen LogP contribution in [0.2, 0.25) is 0 Å². The first kappa shape index (κ1) is 25.7. The van der Waals surface area contributed by atoms with Crippen molar-refractivity contribution < 1.29 is 4.79 Å². The molecule has 0 unspecified atom stereocenters. The fourth-order valence-electron chi connectivity index (χ4n) is 4.13. The van der Waals surface area contributed by atoms with Crippen LogP contribution in [0.5, 0.6) is 0 Å². The standard InChI is InChI=1S/C23H38N6O.HI/c1-2-24-23(26-13-16-27-14-7-4-8-15-27)25-12-11-22(30)29-19-17-28(18-20-29)21-9-5-3-6-10-21;/h3,5-6,9-10H,2,4,7-8,11-20H2,1H3,(H2,24,25,26);1H. The van der Waals surface area contributed by atoms with E-state index in [1.807, 2.05) is 11.0 Å². The first-order valence-corrected chi connectivity index (χ1v) is 11.6. The highest BCUT2D eigenvalue weighted by molar-refractivity contribution is 14.0. The van der Waals surface area contributed by atoms with E-state index in [9.17, 15) is 4.79 Å². The Morgan fingerprint density at radius 2 is 1.68 bits per heavy atom. The average molecular weight is 543 g/mol. The minimum atomic E-state index is 0. The Morgan fingerprint density at radius 3 is 2.35 bits per heavy atom. The van der Waals surface area contributed by atoms with Crippen molar-refractivity contribution in [3.05, 3.63) is 30.3 Å². The zero-order chi connectivity index (χ0) is 21.0. The van der Waals surface area contributed by atoms with Gasteiger partial charge < -0.3 is 25.3 Å². The van der Waals surface area contributed by atoms with Crippen LogP contribution >= 0.6 is 24.0 Å². The van der Waals surface area contributed by atoms with Gasteiger partial charge in [0.1, 0.15) is 0 Å². The Labute approximate surface area is 204 Å². The van der Waals surface area contributed by atoms with Gasteiger partial charge in [-0.3, -0.25) is 9.79 Å². The molecule has 0 bridgehead atoms. The summed E-state index contributed by atoms with van der Waals surface area (Å²) >= 11 is 0. The zero-order valence-corrected chi connectivity index (χ0v) is 21.2. The summed E-state index contributed by atoms with van der Waals surface area (Å²) < 4.78 is 0. The highest BCUT2D eigenvalue weighted by Crippen LogP contribution is 2.15. The number of carbonyl (C=O) groups excluding carboxylic acids is 1. The van der Waals surface area contributed by atoms with Crippen molar-refractivity contribution in [1.29, 1.82) is 0 Å². The molecule has 2 aliphatic rings. The molecule has 31 heavy (non-hydrogen) atoms. The second-order valence-electron chi connectivity index (χ2n) is 8.04. The third-order valence-electron chi connectivity index (χ3n) is 5.86. The van der Waals surface area contributed by atoms with E-state index < -0.39 is 0 Å². The number of piperidine rings is 1. The van der Waals surface area contributed by atoms with Crippen LogP contribution < -0.4 is 15.5 Å². The third kappa shape index (κ3) is 8.84. The van der Waals surface area contributed by atoms with Gasteiger partial charge in [-0.1, -0.05) is 24.6 Å². The topological polar surface area (TPSA) is 63.2 Å². The lowest BCUT2D eigenvalue weighted by Crippen LogP contribution is -2.49. The normalized spacial score (nSPS) is 17.8. The van der Waals surface area contributed by atoms with Crippen LogP contribution in [-0.2, 0) is 4.79 Å². The van der Waals surface area contributed by atoms with Crippen molar-refractivity contribution in [2.45, 2.75) is 32.6 Å². The number of benzene rings is 1. The number of aliphatic imine (C=N–C) groups is 1. The van der Waals surface area contributed by atoms with Crippen LogP contribution in [0.15, 0.2) is 35.3 Å². The highest BCUT2D eigenvalue weighted by atomic mass is 127. The van der Waals surface area contributed by atoms with E-state index in [0.717, 1.165) is 51.8 Å². The van der Waals surface area contributed by atoms with Crippen LogP contribution in [0.4, 0.5) is 5.69 Å². The van der Waals surface area contributed by atoms with Crippen molar-refractivity contribution in [1.82, 2.24) is 20.4 Å². The van der Waals surface area contributed by atoms with Crippen molar-refractivity contribution >= 4 is 41.5 Å². The number of rotatable bonds is 8. The summed E-state index contributed by atoms with van der Waals surface area (Å²) in [7, 11) is 0. The SMILES string of the molecule is CCNC(=NCCN1CCCCC1)NCCC(=O)N1CCN(c2ccccc2)CC1.I. The minimum Gasteiger partial charge on any atom is -0.368 e. The average Bonchev–Trinajstić information content (AvgIpc) is 2.80. The molecule has 0 spiro atoms. The Bertz CT molecular complexity index is 657. The number of carbonyl (C=O) groups is 1. The van der Waals surface area contributed by atoms with Gasteiger partial charge in [-0.15, -0.1) is 24.0 Å². The van der Waals surface area contributed by atoms with Gasteiger partial charge in [-0.25, -0.2) is 0 Å². The predicted molar refractivity (Wildman–Crippen MR) is 140 cm³/mol. The number of nitrogens with zero attached hydrogens (tertiary/aromatic N) is 4. The molecule has 0 radical (unpaired) electrons. The van der Waals surface area contributed by atoms with E-state index in [4.69, 9.17) is 0 Å². The summed E-state index contributed by atoms with van der Waals surface area (Å²) in [5.41, 5.74) is 1.24. The zero-order valence-electron chi connectivity index (χ0n) is 18.9. The van der Waals surface area contributed by atoms with Crippen molar-refractivity contribution in [2.75, 3.05) is 70.3 Å². The lowest BCUT2D eigenvalue weighted by Gasteiger charge is -2.36. The number of amides is 1. The van der Waals surface area contributed by atoms with Crippen LogP contribution in [0.25, 0.3) is 0 Å². The van der Waals surface area contributed by atoms with Crippen LogP contribution in [0.1, 0.15) is 32.6 Å². The molecule has 7 nitrogen and oxygen atoms in total. The van der Waals surface area contributed by atoms with E-state index in [0.29, 0.717) is 13.0 Å². The fraction of sp³-hybridized carbons (Fsp3) is 0.652. The minimum absolute atomic E-state index is 0. The van der Waals surface area contributed by atoms with E-state index >= 15 is 0 Å². The maximum absolute atomic E-state index is 12.6. The molecular formula is C23H39IN6O. The Kier molecular flexibility index (Phi) is 12.0. The first-order chi connectivity index (χ1) is 14.8. The Hall–Kier alpha value is -1.55. The van der Waals surface area contributed by atoms with Gasteiger partial charge in [0.05, 0.1) is 6.54 Å². The number of hydrogen-bond donors (Lipinski definition) is 2. The first-order valence-electron chi connectivity index (χ1n) is 11.6. The van der Waals surface area contributed by atoms with Gasteiger partial charge in [0.15, 0.2) is 5.96 Å². The second kappa shape index (κ2) is 14.5. The van der Waals surface area contributed by atoms with Gasteiger partial charge in [0, 0.05) is 57.9 Å². The number of nitrogens with one attached hydrogen (secondary N) is 2. The number of likely N-dealkylation sites (tertiary alicyclic amines) is 1. The molecule has 3 rings (SSSR count). The van der Waals surface area contributed by atoms with Crippen molar-refractivity contribution in [3.8, 4) is 0 Å². The Morgan fingerprint density at radius 1 is 0.968 bits per heavy atom. The lowest BCUT2D eigenvalue weighted by molar-refractivity contribution is -0.131. The second-order valence-corrected chi connectivity index (χ2v) is 8.04. The smallest absolute Gasteiger partial charge is 0.224 e. The van der Waals surface area contributed by atoms with Crippen molar-refractivity contribution in [2.24, 2.45) is 4.99 Å².